The molecule has 0 spiro atoms. The first-order valence-electron chi connectivity index (χ1n) is 7.50. The molecule has 0 aliphatic heterocycles. The van der Waals surface area contributed by atoms with Crippen LogP contribution in [0.3, 0.4) is 0 Å². The molecular weight excluding hydrogens is 276 g/mol. The number of hydrogen-bond acceptors (Lipinski definition) is 4. The zero-order chi connectivity index (χ0) is 16.0. The van der Waals surface area contributed by atoms with Crippen molar-refractivity contribution in [1.29, 1.82) is 0 Å². The molecule has 1 atom stereocenters. The van der Waals surface area contributed by atoms with Gasteiger partial charge in [-0.2, -0.15) is 0 Å². The van der Waals surface area contributed by atoms with Gasteiger partial charge in [0, 0.05) is 17.7 Å². The summed E-state index contributed by atoms with van der Waals surface area (Å²) >= 11 is 0. The number of rotatable bonds is 6. The van der Waals surface area contributed by atoms with Gasteiger partial charge >= 0.3 is 0 Å². The van der Waals surface area contributed by atoms with Gasteiger partial charge in [-0.3, -0.25) is 10.3 Å². The fourth-order valence-corrected chi connectivity index (χ4v) is 2.11. The zero-order valence-electron chi connectivity index (χ0n) is 13.4. The SMILES string of the molecule is CC(C)(C)NC(O)Cc1ccc(OCc2ccccc2)cn1. The maximum Gasteiger partial charge on any atom is 0.138 e. The summed E-state index contributed by atoms with van der Waals surface area (Å²) in [5.41, 5.74) is 1.82. The lowest BCUT2D eigenvalue weighted by Crippen LogP contribution is -2.44. The number of nitrogens with one attached hydrogen (secondary N) is 1. The van der Waals surface area contributed by atoms with Crippen molar-refractivity contribution in [3.8, 4) is 5.75 Å². The fourth-order valence-electron chi connectivity index (χ4n) is 2.11. The number of aliphatic hydroxyl groups is 1. The Balaban J connectivity index is 1.85. The number of benzene rings is 1. The van der Waals surface area contributed by atoms with E-state index in [2.05, 4.69) is 10.3 Å². The van der Waals surface area contributed by atoms with Crippen molar-refractivity contribution >= 4 is 0 Å². The molecule has 1 aromatic heterocycles. The van der Waals surface area contributed by atoms with E-state index in [0.717, 1.165) is 17.0 Å². The summed E-state index contributed by atoms with van der Waals surface area (Å²) in [4.78, 5) is 4.34. The van der Waals surface area contributed by atoms with Gasteiger partial charge in [-0.05, 0) is 38.5 Å². The highest BCUT2D eigenvalue weighted by atomic mass is 16.5. The van der Waals surface area contributed by atoms with Crippen LogP contribution in [0.2, 0.25) is 0 Å². The zero-order valence-corrected chi connectivity index (χ0v) is 13.4. The first-order valence-corrected chi connectivity index (χ1v) is 7.50. The molecule has 4 nitrogen and oxygen atoms in total. The minimum absolute atomic E-state index is 0.127. The molecule has 1 unspecified atom stereocenters. The van der Waals surface area contributed by atoms with Crippen LogP contribution in [-0.2, 0) is 13.0 Å². The molecule has 0 amide bonds. The van der Waals surface area contributed by atoms with Crippen LogP contribution in [0.1, 0.15) is 32.0 Å². The third-order valence-corrected chi connectivity index (χ3v) is 3.05. The fraction of sp³-hybridized carbons (Fsp3) is 0.389. The van der Waals surface area contributed by atoms with Crippen molar-refractivity contribution in [3.05, 3.63) is 59.9 Å². The Morgan fingerprint density at radius 1 is 1.14 bits per heavy atom. The third kappa shape index (κ3) is 5.84. The summed E-state index contributed by atoms with van der Waals surface area (Å²) in [5, 5.41) is 13.1. The largest absolute Gasteiger partial charge is 0.487 e. The van der Waals surface area contributed by atoms with Crippen LogP contribution < -0.4 is 10.1 Å². The molecule has 0 fully saturated rings. The quantitative estimate of drug-likeness (QED) is 0.805. The molecule has 0 aliphatic carbocycles. The van der Waals surface area contributed by atoms with Crippen LogP contribution in [0.25, 0.3) is 0 Å². The smallest absolute Gasteiger partial charge is 0.138 e. The van der Waals surface area contributed by atoms with Crippen molar-refractivity contribution in [1.82, 2.24) is 10.3 Å². The summed E-state index contributed by atoms with van der Waals surface area (Å²) in [6.07, 6.45) is 1.56. The molecule has 0 bridgehead atoms. The Morgan fingerprint density at radius 3 is 2.45 bits per heavy atom. The average Bonchev–Trinajstić information content (AvgIpc) is 2.45. The molecule has 0 saturated carbocycles. The summed E-state index contributed by atoms with van der Waals surface area (Å²) in [6.45, 7) is 6.58. The van der Waals surface area contributed by atoms with Crippen molar-refractivity contribution < 1.29 is 9.84 Å². The molecule has 2 rings (SSSR count). The van der Waals surface area contributed by atoms with Gasteiger partial charge in [0.25, 0.3) is 0 Å². The number of hydrogen-bond donors (Lipinski definition) is 2. The Labute approximate surface area is 132 Å². The Kier molecular flexibility index (Phi) is 5.52. The second-order valence-electron chi connectivity index (χ2n) is 6.37. The van der Waals surface area contributed by atoms with Gasteiger partial charge < -0.3 is 9.84 Å². The summed E-state index contributed by atoms with van der Waals surface area (Å²) in [5.74, 6) is 0.728. The van der Waals surface area contributed by atoms with Crippen molar-refractivity contribution in [2.24, 2.45) is 0 Å². The Bertz CT molecular complexity index is 562. The number of aliphatic hydroxyl groups excluding tert-OH is 1. The Hall–Kier alpha value is -1.91. The predicted octanol–water partition coefficient (Wildman–Crippen LogP) is 2.91. The summed E-state index contributed by atoms with van der Waals surface area (Å²) in [6, 6.07) is 13.8. The highest BCUT2D eigenvalue weighted by molar-refractivity contribution is 5.21. The lowest BCUT2D eigenvalue weighted by Gasteiger charge is -2.24. The minimum atomic E-state index is -0.608. The highest BCUT2D eigenvalue weighted by Crippen LogP contribution is 2.13. The highest BCUT2D eigenvalue weighted by Gasteiger charge is 2.15. The summed E-state index contributed by atoms with van der Waals surface area (Å²) in [7, 11) is 0. The second-order valence-corrected chi connectivity index (χ2v) is 6.37. The molecule has 118 valence electrons. The maximum atomic E-state index is 9.98. The second kappa shape index (κ2) is 7.38. The first kappa shape index (κ1) is 16.5. The van der Waals surface area contributed by atoms with Crippen LogP contribution in [0.15, 0.2) is 48.7 Å². The minimum Gasteiger partial charge on any atom is -0.487 e. The lowest BCUT2D eigenvalue weighted by molar-refractivity contribution is 0.105. The van der Waals surface area contributed by atoms with Crippen LogP contribution in [0.4, 0.5) is 0 Å². The molecular formula is C18H24N2O2. The van der Waals surface area contributed by atoms with Crippen molar-refractivity contribution in [2.45, 2.75) is 45.6 Å². The number of aromatic nitrogens is 1. The lowest BCUT2D eigenvalue weighted by atomic mass is 10.1. The molecule has 4 heteroatoms. The molecule has 0 aliphatic rings. The molecule has 0 radical (unpaired) electrons. The predicted molar refractivity (Wildman–Crippen MR) is 87.6 cm³/mol. The third-order valence-electron chi connectivity index (χ3n) is 3.05. The van der Waals surface area contributed by atoms with E-state index in [9.17, 15) is 5.11 Å². The topological polar surface area (TPSA) is 54.4 Å². The van der Waals surface area contributed by atoms with E-state index >= 15 is 0 Å². The first-order chi connectivity index (χ1) is 10.4. The standard InChI is InChI=1S/C18H24N2O2/c1-18(2,3)20-17(21)11-15-9-10-16(12-19-15)22-13-14-7-5-4-6-8-14/h4-10,12,17,20-21H,11,13H2,1-3H3. The van der Waals surface area contributed by atoms with Crippen LogP contribution in [0.5, 0.6) is 5.75 Å². The van der Waals surface area contributed by atoms with Gasteiger partial charge in [0.1, 0.15) is 18.6 Å². The van der Waals surface area contributed by atoms with Crippen LogP contribution >= 0.6 is 0 Å². The maximum absolute atomic E-state index is 9.98. The molecule has 2 N–H and O–H groups in total. The number of pyridine rings is 1. The van der Waals surface area contributed by atoms with Gasteiger partial charge in [0.15, 0.2) is 0 Å². The van der Waals surface area contributed by atoms with E-state index in [1.54, 1.807) is 6.20 Å². The van der Waals surface area contributed by atoms with Gasteiger partial charge in [0.2, 0.25) is 0 Å². The Morgan fingerprint density at radius 2 is 1.86 bits per heavy atom. The molecule has 2 aromatic rings. The van der Waals surface area contributed by atoms with E-state index in [0.29, 0.717) is 13.0 Å². The normalized spacial score (nSPS) is 12.9. The molecule has 22 heavy (non-hydrogen) atoms. The van der Waals surface area contributed by atoms with Gasteiger partial charge in [-0.1, -0.05) is 30.3 Å². The average molecular weight is 300 g/mol. The van der Waals surface area contributed by atoms with E-state index in [-0.39, 0.29) is 5.54 Å². The van der Waals surface area contributed by atoms with Gasteiger partial charge in [-0.15, -0.1) is 0 Å². The number of nitrogens with zero attached hydrogens (tertiary/aromatic N) is 1. The van der Waals surface area contributed by atoms with E-state index < -0.39 is 6.23 Å². The number of ether oxygens (including phenoxy) is 1. The van der Waals surface area contributed by atoms with Crippen molar-refractivity contribution in [3.63, 3.8) is 0 Å². The van der Waals surface area contributed by atoms with Crippen LogP contribution in [-0.4, -0.2) is 21.9 Å². The van der Waals surface area contributed by atoms with E-state index in [1.807, 2.05) is 63.2 Å². The monoisotopic (exact) mass is 300 g/mol. The van der Waals surface area contributed by atoms with Crippen LogP contribution in [0, 0.1) is 0 Å². The van der Waals surface area contributed by atoms with E-state index in [4.69, 9.17) is 4.74 Å². The molecule has 1 aromatic carbocycles. The van der Waals surface area contributed by atoms with Crippen molar-refractivity contribution in [2.75, 3.05) is 0 Å². The van der Waals surface area contributed by atoms with E-state index in [1.165, 1.54) is 0 Å². The van der Waals surface area contributed by atoms with Gasteiger partial charge in [0.05, 0.1) is 6.20 Å². The van der Waals surface area contributed by atoms with Gasteiger partial charge in [-0.25, -0.2) is 0 Å². The molecule has 0 saturated heterocycles. The molecule has 1 heterocycles. The summed E-state index contributed by atoms with van der Waals surface area (Å²) < 4.78 is 5.69.